The molecule has 2 atom stereocenters. The highest BCUT2D eigenvalue weighted by Gasteiger charge is 2.33. The molecule has 0 aromatic rings. The van der Waals surface area contributed by atoms with Crippen LogP contribution in [0.25, 0.3) is 0 Å². The van der Waals surface area contributed by atoms with Gasteiger partial charge in [0.15, 0.2) is 0 Å². The standard InChI is InChI=1S/C11H18O3.C10H16O3/c1-2-3-4-5-6-7-9-8-10(12)14-11(9)13;1-2-3-4-5-6-8-7-9(11)13-10(8)12/h9H,2-8H2,1H3;8H,2-7H2,1H3. The van der Waals surface area contributed by atoms with E-state index in [1.807, 2.05) is 0 Å². The van der Waals surface area contributed by atoms with Crippen LogP contribution in [0, 0.1) is 11.8 Å². The molecule has 6 heteroatoms. The SMILES string of the molecule is CCCCCCC1CC(=O)OC1=O.CCCCCCCC1CC(=O)OC1=O. The summed E-state index contributed by atoms with van der Waals surface area (Å²) in [6, 6.07) is 0. The Kier molecular flexibility index (Phi) is 11.6. The molecule has 0 bridgehead atoms. The normalized spacial score (nSPS) is 21.7. The maximum Gasteiger partial charge on any atom is 0.317 e. The van der Waals surface area contributed by atoms with Crippen LogP contribution in [0.3, 0.4) is 0 Å². The first-order valence-electron chi connectivity index (χ1n) is 10.5. The summed E-state index contributed by atoms with van der Waals surface area (Å²) in [5.74, 6) is -1.64. The van der Waals surface area contributed by atoms with Gasteiger partial charge in [0, 0.05) is 0 Å². The van der Waals surface area contributed by atoms with Crippen molar-refractivity contribution in [2.75, 3.05) is 0 Å². The van der Waals surface area contributed by atoms with Crippen LogP contribution in [0.5, 0.6) is 0 Å². The highest BCUT2D eigenvalue weighted by atomic mass is 16.6. The monoisotopic (exact) mass is 382 g/mol. The van der Waals surface area contributed by atoms with E-state index in [-0.39, 0.29) is 35.7 Å². The number of unbranched alkanes of at least 4 members (excludes halogenated alkanes) is 7. The van der Waals surface area contributed by atoms with Crippen molar-refractivity contribution < 1.29 is 28.7 Å². The zero-order chi connectivity index (χ0) is 20.1. The van der Waals surface area contributed by atoms with E-state index in [4.69, 9.17) is 0 Å². The Labute approximate surface area is 162 Å². The maximum atomic E-state index is 11.1. The second-order valence-corrected chi connectivity index (χ2v) is 7.44. The number of hydrogen-bond acceptors (Lipinski definition) is 6. The predicted molar refractivity (Wildman–Crippen MR) is 101 cm³/mol. The van der Waals surface area contributed by atoms with E-state index in [2.05, 4.69) is 23.3 Å². The van der Waals surface area contributed by atoms with Gasteiger partial charge in [-0.2, -0.15) is 0 Å². The number of hydrogen-bond donors (Lipinski definition) is 0. The van der Waals surface area contributed by atoms with E-state index in [1.54, 1.807) is 0 Å². The Morgan fingerprint density at radius 3 is 1.33 bits per heavy atom. The molecule has 154 valence electrons. The zero-order valence-electron chi connectivity index (χ0n) is 16.8. The van der Waals surface area contributed by atoms with Crippen molar-refractivity contribution in [3.05, 3.63) is 0 Å². The summed E-state index contributed by atoms with van der Waals surface area (Å²) in [5, 5.41) is 0. The lowest BCUT2D eigenvalue weighted by Gasteiger charge is -2.03. The average Bonchev–Trinajstić information content (AvgIpc) is 3.12. The molecule has 0 aromatic carbocycles. The van der Waals surface area contributed by atoms with Crippen molar-refractivity contribution in [2.45, 2.75) is 97.3 Å². The molecule has 2 aliphatic heterocycles. The Bertz CT molecular complexity index is 499. The van der Waals surface area contributed by atoms with E-state index in [1.165, 1.54) is 32.1 Å². The first-order valence-corrected chi connectivity index (χ1v) is 10.5. The van der Waals surface area contributed by atoms with Gasteiger partial charge in [-0.15, -0.1) is 0 Å². The molecule has 0 saturated carbocycles. The molecule has 0 amide bonds. The summed E-state index contributed by atoms with van der Waals surface area (Å²) >= 11 is 0. The summed E-state index contributed by atoms with van der Waals surface area (Å²) < 4.78 is 8.93. The van der Waals surface area contributed by atoms with Gasteiger partial charge in [-0.3, -0.25) is 19.2 Å². The minimum atomic E-state index is -0.356. The Morgan fingerprint density at radius 2 is 1.00 bits per heavy atom. The van der Waals surface area contributed by atoms with Gasteiger partial charge in [0.25, 0.3) is 0 Å². The summed E-state index contributed by atoms with van der Waals surface area (Å²) in [5.41, 5.74) is 0. The van der Waals surface area contributed by atoms with Gasteiger partial charge in [0.1, 0.15) is 0 Å². The third-order valence-electron chi connectivity index (χ3n) is 4.98. The van der Waals surface area contributed by atoms with Gasteiger partial charge in [0.05, 0.1) is 24.7 Å². The molecule has 2 fully saturated rings. The number of cyclic esters (lactones) is 4. The van der Waals surface area contributed by atoms with Gasteiger partial charge < -0.3 is 9.47 Å². The van der Waals surface area contributed by atoms with Gasteiger partial charge in [-0.25, -0.2) is 0 Å². The van der Waals surface area contributed by atoms with E-state index in [0.29, 0.717) is 12.8 Å². The van der Waals surface area contributed by atoms with Crippen molar-refractivity contribution in [2.24, 2.45) is 11.8 Å². The van der Waals surface area contributed by atoms with Crippen molar-refractivity contribution in [1.29, 1.82) is 0 Å². The molecule has 6 nitrogen and oxygen atoms in total. The predicted octanol–water partition coefficient (Wildman–Crippen LogP) is 4.48. The van der Waals surface area contributed by atoms with Gasteiger partial charge >= 0.3 is 23.9 Å². The smallest absolute Gasteiger partial charge is 0.317 e. The van der Waals surface area contributed by atoms with Crippen LogP contribution in [0.15, 0.2) is 0 Å². The van der Waals surface area contributed by atoms with E-state index >= 15 is 0 Å². The molecule has 2 rings (SSSR count). The molecule has 27 heavy (non-hydrogen) atoms. The molecule has 0 radical (unpaired) electrons. The molecule has 2 aliphatic rings. The van der Waals surface area contributed by atoms with Crippen LogP contribution in [0.4, 0.5) is 0 Å². The first kappa shape index (κ1) is 23.3. The maximum absolute atomic E-state index is 11.1. The van der Waals surface area contributed by atoms with E-state index in [0.717, 1.165) is 38.5 Å². The molecular weight excluding hydrogens is 348 g/mol. The summed E-state index contributed by atoms with van der Waals surface area (Å²) in [4.78, 5) is 43.5. The third-order valence-corrected chi connectivity index (χ3v) is 4.98. The molecule has 0 aromatic heterocycles. The molecule has 2 unspecified atom stereocenters. The van der Waals surface area contributed by atoms with Crippen LogP contribution >= 0.6 is 0 Å². The van der Waals surface area contributed by atoms with Crippen molar-refractivity contribution in [3.63, 3.8) is 0 Å². The molecule has 0 aliphatic carbocycles. The lowest BCUT2D eigenvalue weighted by Crippen LogP contribution is -2.06. The Balaban J connectivity index is 0.000000271. The highest BCUT2D eigenvalue weighted by molar-refractivity contribution is 5.95. The number of carbonyl (C=O) groups excluding carboxylic acids is 4. The number of rotatable bonds is 11. The quantitative estimate of drug-likeness (QED) is 0.297. The van der Waals surface area contributed by atoms with Crippen molar-refractivity contribution >= 4 is 23.9 Å². The number of esters is 4. The molecular formula is C21H34O6. The average molecular weight is 382 g/mol. The van der Waals surface area contributed by atoms with Crippen LogP contribution in [0.2, 0.25) is 0 Å². The lowest BCUT2D eigenvalue weighted by atomic mass is 9.99. The lowest BCUT2D eigenvalue weighted by molar-refractivity contribution is -0.155. The van der Waals surface area contributed by atoms with E-state index in [9.17, 15) is 19.2 Å². The van der Waals surface area contributed by atoms with Crippen molar-refractivity contribution in [3.8, 4) is 0 Å². The fraction of sp³-hybridized carbons (Fsp3) is 0.810. The Morgan fingerprint density at radius 1 is 0.630 bits per heavy atom. The largest absolute Gasteiger partial charge is 0.393 e. The molecule has 2 heterocycles. The molecule has 0 spiro atoms. The van der Waals surface area contributed by atoms with E-state index < -0.39 is 0 Å². The van der Waals surface area contributed by atoms with Gasteiger partial charge in [-0.1, -0.05) is 71.6 Å². The number of ether oxygens (including phenoxy) is 2. The van der Waals surface area contributed by atoms with Gasteiger partial charge in [0.2, 0.25) is 0 Å². The highest BCUT2D eigenvalue weighted by Crippen LogP contribution is 2.23. The zero-order valence-corrected chi connectivity index (χ0v) is 16.8. The third kappa shape index (κ3) is 9.68. The van der Waals surface area contributed by atoms with Crippen LogP contribution in [0.1, 0.15) is 97.3 Å². The van der Waals surface area contributed by atoms with Gasteiger partial charge in [-0.05, 0) is 12.8 Å². The van der Waals surface area contributed by atoms with Crippen LogP contribution in [-0.4, -0.2) is 23.9 Å². The summed E-state index contributed by atoms with van der Waals surface area (Å²) in [6.45, 7) is 4.32. The summed E-state index contributed by atoms with van der Waals surface area (Å²) in [6.07, 6.45) is 12.7. The van der Waals surface area contributed by atoms with Crippen LogP contribution in [-0.2, 0) is 28.7 Å². The fourth-order valence-electron chi connectivity index (χ4n) is 3.30. The van der Waals surface area contributed by atoms with Crippen LogP contribution < -0.4 is 0 Å². The summed E-state index contributed by atoms with van der Waals surface area (Å²) in [7, 11) is 0. The second-order valence-electron chi connectivity index (χ2n) is 7.44. The Hall–Kier alpha value is -1.72. The fourth-order valence-corrected chi connectivity index (χ4v) is 3.30. The topological polar surface area (TPSA) is 86.7 Å². The first-order chi connectivity index (χ1) is 13.0. The number of carbonyl (C=O) groups is 4. The van der Waals surface area contributed by atoms with Crippen molar-refractivity contribution in [1.82, 2.24) is 0 Å². The molecule has 2 saturated heterocycles. The second kappa shape index (κ2) is 13.4. The minimum absolute atomic E-state index is 0.149. The minimum Gasteiger partial charge on any atom is -0.393 e. The molecule has 0 N–H and O–H groups in total.